The lowest BCUT2D eigenvalue weighted by molar-refractivity contribution is -0.120. The molecule has 5 nitrogen and oxygen atoms in total. The molecule has 0 radical (unpaired) electrons. The molecule has 0 saturated heterocycles. The third-order valence-electron chi connectivity index (χ3n) is 4.03. The molecule has 7 heteroatoms. The first-order valence-electron chi connectivity index (χ1n) is 8.73. The van der Waals surface area contributed by atoms with Crippen LogP contribution in [0.25, 0.3) is 16.6 Å². The topological polar surface area (TPSA) is 64.0 Å². The van der Waals surface area contributed by atoms with Crippen molar-refractivity contribution in [1.29, 1.82) is 0 Å². The molecule has 0 aliphatic rings. The number of rotatable bonds is 6. The Morgan fingerprint density at radius 3 is 2.63 bits per heavy atom. The maximum atomic E-state index is 13.1. The Balaban J connectivity index is 2.09. The number of amides is 1. The van der Waals surface area contributed by atoms with E-state index in [0.717, 1.165) is 6.42 Å². The number of hydrogen-bond donors (Lipinski definition) is 1. The van der Waals surface area contributed by atoms with Crippen LogP contribution in [0, 0.1) is 0 Å². The lowest BCUT2D eigenvalue weighted by Gasteiger charge is -2.16. The molecular weight excluding hydrogens is 382 g/mol. The molecule has 1 N–H and O–H groups in total. The fourth-order valence-corrected chi connectivity index (χ4v) is 3.69. The summed E-state index contributed by atoms with van der Waals surface area (Å²) < 4.78 is 1.53. The standard InChI is InChI=1S/C20H20ClN3O2S/c1-3-12-22-18(25)13(2)27-20-23-17-7-5-4-6-16(17)19(26)24(20)15-10-8-14(21)9-11-15/h4-11,13H,3,12H2,1-2H3,(H,22,25)/t13-/m1/s1. The minimum Gasteiger partial charge on any atom is -0.355 e. The van der Waals surface area contributed by atoms with Gasteiger partial charge in [-0.05, 0) is 49.7 Å². The molecule has 0 saturated carbocycles. The highest BCUT2D eigenvalue weighted by Gasteiger charge is 2.20. The summed E-state index contributed by atoms with van der Waals surface area (Å²) in [5.41, 5.74) is 1.09. The van der Waals surface area contributed by atoms with E-state index >= 15 is 0 Å². The molecule has 2 aromatic carbocycles. The molecule has 0 fully saturated rings. The number of aromatic nitrogens is 2. The van der Waals surface area contributed by atoms with Gasteiger partial charge in [0.05, 0.1) is 21.8 Å². The quantitative estimate of drug-likeness (QED) is 0.500. The summed E-state index contributed by atoms with van der Waals surface area (Å²) in [6, 6.07) is 14.2. The highest BCUT2D eigenvalue weighted by atomic mass is 35.5. The molecule has 3 rings (SSSR count). The number of hydrogen-bond acceptors (Lipinski definition) is 4. The van der Waals surface area contributed by atoms with Crippen molar-refractivity contribution >= 4 is 40.2 Å². The smallest absolute Gasteiger partial charge is 0.266 e. The Kier molecular flexibility index (Phi) is 6.19. The first-order chi connectivity index (χ1) is 13.0. The van der Waals surface area contributed by atoms with Crippen molar-refractivity contribution in [1.82, 2.24) is 14.9 Å². The SMILES string of the molecule is CCCNC(=O)[C@@H](C)Sc1nc2ccccc2c(=O)n1-c1ccc(Cl)cc1. The molecule has 1 aromatic heterocycles. The van der Waals surface area contributed by atoms with Crippen LogP contribution >= 0.6 is 23.4 Å². The first kappa shape index (κ1) is 19.5. The van der Waals surface area contributed by atoms with Crippen LogP contribution in [-0.2, 0) is 4.79 Å². The zero-order valence-corrected chi connectivity index (χ0v) is 16.7. The van der Waals surface area contributed by atoms with Gasteiger partial charge in [0, 0.05) is 11.6 Å². The van der Waals surface area contributed by atoms with E-state index in [2.05, 4.69) is 10.3 Å². The van der Waals surface area contributed by atoms with Gasteiger partial charge >= 0.3 is 0 Å². The van der Waals surface area contributed by atoms with Crippen LogP contribution in [-0.4, -0.2) is 27.3 Å². The van der Waals surface area contributed by atoms with E-state index in [1.54, 1.807) is 36.4 Å². The van der Waals surface area contributed by atoms with E-state index in [1.807, 2.05) is 26.0 Å². The fourth-order valence-electron chi connectivity index (χ4n) is 2.61. The molecule has 1 heterocycles. The zero-order chi connectivity index (χ0) is 19.4. The summed E-state index contributed by atoms with van der Waals surface area (Å²) in [6.45, 7) is 4.43. The summed E-state index contributed by atoms with van der Waals surface area (Å²) in [4.78, 5) is 30.1. The molecule has 0 aliphatic carbocycles. The van der Waals surface area contributed by atoms with E-state index in [9.17, 15) is 9.59 Å². The highest BCUT2D eigenvalue weighted by molar-refractivity contribution is 8.00. The number of fused-ring (bicyclic) bond motifs is 1. The molecule has 27 heavy (non-hydrogen) atoms. The van der Waals surface area contributed by atoms with E-state index in [-0.39, 0.29) is 16.7 Å². The molecule has 140 valence electrons. The van der Waals surface area contributed by atoms with Crippen molar-refractivity contribution in [3.8, 4) is 5.69 Å². The second kappa shape index (κ2) is 8.59. The van der Waals surface area contributed by atoms with Gasteiger partial charge in [0.2, 0.25) is 5.91 Å². The monoisotopic (exact) mass is 401 g/mol. The Bertz CT molecular complexity index is 1020. The minimum atomic E-state index is -0.386. The number of carbonyl (C=O) groups is 1. The van der Waals surface area contributed by atoms with Crippen LogP contribution in [0.1, 0.15) is 20.3 Å². The summed E-state index contributed by atoms with van der Waals surface area (Å²) >= 11 is 7.25. The molecule has 3 aromatic rings. The third kappa shape index (κ3) is 4.34. The molecule has 1 atom stereocenters. The van der Waals surface area contributed by atoms with Crippen LogP contribution in [0.15, 0.2) is 58.5 Å². The van der Waals surface area contributed by atoms with Crippen LogP contribution < -0.4 is 10.9 Å². The van der Waals surface area contributed by atoms with Gasteiger partial charge < -0.3 is 5.32 Å². The Hall–Kier alpha value is -2.31. The maximum absolute atomic E-state index is 13.1. The number of nitrogens with one attached hydrogen (secondary N) is 1. The molecular formula is C20H20ClN3O2S. The number of nitrogens with zero attached hydrogens (tertiary/aromatic N) is 2. The van der Waals surface area contributed by atoms with Crippen molar-refractivity contribution in [2.75, 3.05) is 6.54 Å². The van der Waals surface area contributed by atoms with Crippen molar-refractivity contribution in [2.45, 2.75) is 30.7 Å². The lowest BCUT2D eigenvalue weighted by atomic mass is 10.2. The van der Waals surface area contributed by atoms with E-state index < -0.39 is 0 Å². The summed E-state index contributed by atoms with van der Waals surface area (Å²) in [7, 11) is 0. The minimum absolute atomic E-state index is 0.0769. The summed E-state index contributed by atoms with van der Waals surface area (Å²) in [5.74, 6) is -0.0769. The normalized spacial score (nSPS) is 12.1. The van der Waals surface area contributed by atoms with Crippen molar-refractivity contribution in [3.05, 3.63) is 63.9 Å². The maximum Gasteiger partial charge on any atom is 0.266 e. The van der Waals surface area contributed by atoms with Gasteiger partial charge in [-0.25, -0.2) is 4.98 Å². The summed E-state index contributed by atoms with van der Waals surface area (Å²) in [5, 5.41) is 4.08. The van der Waals surface area contributed by atoms with Crippen LogP contribution in [0.3, 0.4) is 0 Å². The number of benzene rings is 2. The Morgan fingerprint density at radius 2 is 1.93 bits per heavy atom. The van der Waals surface area contributed by atoms with Gasteiger partial charge in [-0.1, -0.05) is 42.4 Å². The number of carbonyl (C=O) groups excluding carboxylic acids is 1. The van der Waals surface area contributed by atoms with Crippen LogP contribution in [0.4, 0.5) is 0 Å². The van der Waals surface area contributed by atoms with Gasteiger partial charge in [-0.2, -0.15) is 0 Å². The molecule has 0 unspecified atom stereocenters. The second-order valence-corrected chi connectivity index (χ2v) is 7.82. The number of halogens is 1. The predicted molar refractivity (Wildman–Crippen MR) is 111 cm³/mol. The van der Waals surface area contributed by atoms with Crippen molar-refractivity contribution < 1.29 is 4.79 Å². The van der Waals surface area contributed by atoms with E-state index in [1.165, 1.54) is 16.3 Å². The van der Waals surface area contributed by atoms with E-state index in [4.69, 9.17) is 11.6 Å². The second-order valence-electron chi connectivity index (χ2n) is 6.08. The zero-order valence-electron chi connectivity index (χ0n) is 15.1. The Morgan fingerprint density at radius 1 is 1.22 bits per heavy atom. The van der Waals surface area contributed by atoms with Gasteiger partial charge in [-0.3, -0.25) is 14.2 Å². The lowest BCUT2D eigenvalue weighted by Crippen LogP contribution is -2.32. The Labute approximate surface area is 166 Å². The van der Waals surface area contributed by atoms with Gasteiger partial charge in [0.1, 0.15) is 0 Å². The molecule has 0 spiro atoms. The van der Waals surface area contributed by atoms with Gasteiger partial charge in [-0.15, -0.1) is 0 Å². The van der Waals surface area contributed by atoms with Crippen molar-refractivity contribution in [2.24, 2.45) is 0 Å². The van der Waals surface area contributed by atoms with E-state index in [0.29, 0.717) is 33.3 Å². The number of thioether (sulfide) groups is 1. The third-order valence-corrected chi connectivity index (χ3v) is 5.33. The molecule has 1 amide bonds. The van der Waals surface area contributed by atoms with Crippen LogP contribution in [0.2, 0.25) is 5.02 Å². The van der Waals surface area contributed by atoms with Crippen LogP contribution in [0.5, 0.6) is 0 Å². The average molecular weight is 402 g/mol. The average Bonchev–Trinajstić information content (AvgIpc) is 2.67. The molecule has 0 aliphatic heterocycles. The van der Waals surface area contributed by atoms with Gasteiger partial charge in [0.15, 0.2) is 5.16 Å². The van der Waals surface area contributed by atoms with Crippen molar-refractivity contribution in [3.63, 3.8) is 0 Å². The summed E-state index contributed by atoms with van der Waals surface area (Å²) in [6.07, 6.45) is 0.868. The fraction of sp³-hybridized carbons (Fsp3) is 0.250. The van der Waals surface area contributed by atoms with Gasteiger partial charge in [0.25, 0.3) is 5.56 Å². The first-order valence-corrected chi connectivity index (χ1v) is 9.99. The molecule has 0 bridgehead atoms. The largest absolute Gasteiger partial charge is 0.355 e. The highest BCUT2D eigenvalue weighted by Crippen LogP contribution is 2.25. The predicted octanol–water partition coefficient (Wildman–Crippen LogP) is 4.05. The number of para-hydroxylation sites is 1.